The molecule has 0 aliphatic carbocycles. The van der Waals surface area contributed by atoms with Crippen LogP contribution in [0, 0.1) is 11.2 Å². The van der Waals surface area contributed by atoms with Crippen molar-refractivity contribution in [2.75, 3.05) is 11.9 Å². The van der Waals surface area contributed by atoms with Gasteiger partial charge in [0.1, 0.15) is 17.3 Å². The van der Waals surface area contributed by atoms with E-state index in [1.54, 1.807) is 24.1 Å². The number of hydrogen-bond acceptors (Lipinski definition) is 2. The lowest BCUT2D eigenvalue weighted by Gasteiger charge is -2.42. The number of nitrogens with zero attached hydrogens (tertiary/aromatic N) is 1. The Kier molecular flexibility index (Phi) is 4.10. The van der Waals surface area contributed by atoms with Crippen LogP contribution in [0.3, 0.4) is 0 Å². The van der Waals surface area contributed by atoms with Crippen molar-refractivity contribution in [3.8, 4) is 0 Å². The molecule has 1 atom stereocenters. The monoisotopic (exact) mass is 397 g/mol. The largest absolute Gasteiger partial charge is 0.456 e. The predicted molar refractivity (Wildman–Crippen MR) is 117 cm³/mol. The Morgan fingerprint density at radius 2 is 1.53 bits per heavy atom. The molecule has 3 aromatic rings. The summed E-state index contributed by atoms with van der Waals surface area (Å²) in [4.78, 5) is 15.3. The van der Waals surface area contributed by atoms with Crippen LogP contribution in [0.4, 0.5) is 10.1 Å². The van der Waals surface area contributed by atoms with Crippen molar-refractivity contribution in [3.05, 3.63) is 107 Å². The molecule has 1 unspecified atom stereocenters. The third kappa shape index (κ3) is 2.68. The molecule has 0 saturated carbocycles. The highest BCUT2D eigenvalue weighted by Crippen LogP contribution is 2.54. The third-order valence-corrected chi connectivity index (χ3v) is 5.83. The summed E-state index contributed by atoms with van der Waals surface area (Å²) in [6.07, 6.45) is 1.86. The lowest BCUT2D eigenvalue weighted by Crippen LogP contribution is -2.45. The van der Waals surface area contributed by atoms with Gasteiger partial charge in [-0.3, -0.25) is 4.79 Å². The predicted octanol–water partition coefficient (Wildman–Crippen LogP) is 5.75. The lowest BCUT2D eigenvalue weighted by atomic mass is 9.71. The Hall–Kier alpha value is -3.66. The fraction of sp³-hybridized carbons (Fsp3) is 0.115. The maximum absolute atomic E-state index is 13.6. The topological polar surface area (TPSA) is 29.5 Å². The molecule has 30 heavy (non-hydrogen) atoms. The maximum atomic E-state index is 13.6. The molecule has 2 heterocycles. The number of carbonyl (C=O) groups is 1. The van der Waals surface area contributed by atoms with E-state index in [0.29, 0.717) is 11.5 Å². The molecule has 0 spiro atoms. The molecule has 5 rings (SSSR count). The van der Waals surface area contributed by atoms with Gasteiger partial charge in [-0.15, -0.1) is 0 Å². The van der Waals surface area contributed by atoms with Gasteiger partial charge < -0.3 is 9.64 Å². The third-order valence-electron chi connectivity index (χ3n) is 5.83. The van der Waals surface area contributed by atoms with Crippen LogP contribution in [-0.4, -0.2) is 13.0 Å². The van der Waals surface area contributed by atoms with E-state index in [-0.39, 0.29) is 11.7 Å². The summed E-state index contributed by atoms with van der Waals surface area (Å²) in [6, 6.07) is 23.8. The zero-order valence-electron chi connectivity index (χ0n) is 16.7. The first kappa shape index (κ1) is 18.4. The molecule has 0 bridgehead atoms. The number of rotatable bonds is 2. The van der Waals surface area contributed by atoms with Gasteiger partial charge in [-0.2, -0.15) is 0 Å². The highest BCUT2D eigenvalue weighted by Gasteiger charge is 2.48. The average molecular weight is 397 g/mol. The molecule has 3 aromatic carbocycles. The van der Waals surface area contributed by atoms with E-state index < -0.39 is 5.41 Å². The maximum Gasteiger partial charge on any atom is 0.241 e. The van der Waals surface area contributed by atoms with Crippen molar-refractivity contribution in [1.29, 1.82) is 0 Å². The highest BCUT2D eigenvalue weighted by molar-refractivity contribution is 6.18. The summed E-state index contributed by atoms with van der Waals surface area (Å²) in [5.41, 5.74) is 3.35. The number of hydrogen-bond donors (Lipinski definition) is 0. The second kappa shape index (κ2) is 6.70. The molecular formula is C26H20FNO2. The van der Waals surface area contributed by atoms with Crippen molar-refractivity contribution in [1.82, 2.24) is 0 Å². The summed E-state index contributed by atoms with van der Waals surface area (Å²) in [5, 5.41) is 0. The van der Waals surface area contributed by atoms with Crippen LogP contribution < -0.4 is 4.90 Å². The molecular weight excluding hydrogens is 377 g/mol. The second-order valence-corrected chi connectivity index (χ2v) is 7.77. The highest BCUT2D eigenvalue weighted by atomic mass is 19.1. The van der Waals surface area contributed by atoms with Gasteiger partial charge in [0.15, 0.2) is 0 Å². The molecule has 3 nitrogen and oxygen atoms in total. The quantitative estimate of drug-likeness (QED) is 0.551. The summed E-state index contributed by atoms with van der Waals surface area (Å²) in [5.74, 6) is 0.839. The molecule has 0 aromatic heterocycles. The van der Waals surface area contributed by atoms with Gasteiger partial charge >= 0.3 is 0 Å². The number of para-hydroxylation sites is 1. The van der Waals surface area contributed by atoms with Crippen molar-refractivity contribution in [2.24, 2.45) is 5.41 Å². The SMILES string of the molecule is CN1C(=O)C2(C)C=C(c3ccc(F)cc3)OC(c3ccccc3)=C2c2ccccc21. The normalized spacial score (nSPS) is 20.3. The van der Waals surface area contributed by atoms with Crippen LogP contribution in [0.5, 0.6) is 0 Å². The van der Waals surface area contributed by atoms with Crippen LogP contribution in [0.25, 0.3) is 17.1 Å². The van der Waals surface area contributed by atoms with Crippen LogP contribution in [0.1, 0.15) is 23.6 Å². The van der Waals surface area contributed by atoms with Crippen LogP contribution >= 0.6 is 0 Å². The Morgan fingerprint density at radius 3 is 2.27 bits per heavy atom. The standard InChI is InChI=1S/C26H20FNO2/c1-26-16-22(17-12-14-19(27)15-13-17)30-24(18-8-4-3-5-9-18)23(26)20-10-6-7-11-21(20)28(2)25(26)29/h3-16H,1-2H3. The molecule has 0 fully saturated rings. The Morgan fingerprint density at radius 1 is 0.867 bits per heavy atom. The number of anilines is 1. The second-order valence-electron chi connectivity index (χ2n) is 7.77. The summed E-state index contributed by atoms with van der Waals surface area (Å²) >= 11 is 0. The zero-order valence-corrected chi connectivity index (χ0v) is 16.7. The Bertz CT molecular complexity index is 1210. The number of carbonyl (C=O) groups excluding carboxylic acids is 1. The Labute approximate surface area is 174 Å². The minimum atomic E-state index is -0.920. The van der Waals surface area contributed by atoms with E-state index in [2.05, 4.69) is 0 Å². The first-order chi connectivity index (χ1) is 14.5. The van der Waals surface area contributed by atoms with Gasteiger partial charge in [-0.25, -0.2) is 4.39 Å². The van der Waals surface area contributed by atoms with Gasteiger partial charge in [-0.1, -0.05) is 48.5 Å². The Balaban J connectivity index is 1.80. The first-order valence-corrected chi connectivity index (χ1v) is 9.83. The minimum absolute atomic E-state index is 0.0347. The van der Waals surface area contributed by atoms with Gasteiger partial charge in [-0.05, 0) is 43.3 Å². The number of halogens is 1. The van der Waals surface area contributed by atoms with Gasteiger partial charge in [0.25, 0.3) is 0 Å². The van der Waals surface area contributed by atoms with E-state index in [1.165, 1.54) is 12.1 Å². The van der Waals surface area contributed by atoms with Gasteiger partial charge in [0, 0.05) is 29.3 Å². The summed E-state index contributed by atoms with van der Waals surface area (Å²) in [6.45, 7) is 1.92. The molecule has 4 heteroatoms. The van der Waals surface area contributed by atoms with Crippen molar-refractivity contribution in [3.63, 3.8) is 0 Å². The molecule has 2 aliphatic heterocycles. The van der Waals surface area contributed by atoms with E-state index in [9.17, 15) is 9.18 Å². The van der Waals surface area contributed by atoms with E-state index in [4.69, 9.17) is 4.74 Å². The fourth-order valence-electron chi connectivity index (χ4n) is 4.32. The molecule has 0 saturated heterocycles. The van der Waals surface area contributed by atoms with Crippen LogP contribution in [0.15, 0.2) is 84.9 Å². The van der Waals surface area contributed by atoms with Crippen LogP contribution in [0.2, 0.25) is 0 Å². The molecule has 1 amide bonds. The molecule has 2 aliphatic rings. The fourth-order valence-corrected chi connectivity index (χ4v) is 4.32. The number of fused-ring (bicyclic) bond motifs is 3. The lowest BCUT2D eigenvalue weighted by molar-refractivity contribution is -0.122. The molecule has 0 N–H and O–H groups in total. The summed E-state index contributed by atoms with van der Waals surface area (Å²) < 4.78 is 19.9. The number of amides is 1. The van der Waals surface area contributed by atoms with Crippen molar-refractivity contribution >= 4 is 28.7 Å². The van der Waals surface area contributed by atoms with Crippen molar-refractivity contribution < 1.29 is 13.9 Å². The first-order valence-electron chi connectivity index (χ1n) is 9.83. The minimum Gasteiger partial charge on any atom is -0.456 e. The zero-order chi connectivity index (χ0) is 20.9. The summed E-state index contributed by atoms with van der Waals surface area (Å²) in [7, 11) is 1.80. The smallest absolute Gasteiger partial charge is 0.241 e. The van der Waals surface area contributed by atoms with E-state index in [1.807, 2.05) is 67.6 Å². The van der Waals surface area contributed by atoms with Crippen molar-refractivity contribution in [2.45, 2.75) is 6.92 Å². The number of benzene rings is 3. The van der Waals surface area contributed by atoms with Gasteiger partial charge in [0.05, 0.1) is 11.1 Å². The molecule has 0 radical (unpaired) electrons. The molecule has 148 valence electrons. The van der Waals surface area contributed by atoms with Gasteiger partial charge in [0.2, 0.25) is 5.91 Å². The average Bonchev–Trinajstić information content (AvgIpc) is 2.78. The number of ether oxygens (including phenoxy) is 1. The van der Waals surface area contributed by atoms with E-state index in [0.717, 1.165) is 28.0 Å². The van der Waals surface area contributed by atoms with E-state index >= 15 is 0 Å². The van der Waals surface area contributed by atoms with Crippen LogP contribution in [-0.2, 0) is 9.53 Å².